The van der Waals surface area contributed by atoms with Crippen molar-refractivity contribution in [2.75, 3.05) is 0 Å². The van der Waals surface area contributed by atoms with E-state index in [1.54, 1.807) is 12.1 Å². The van der Waals surface area contributed by atoms with E-state index in [0.717, 1.165) is 0 Å². The summed E-state index contributed by atoms with van der Waals surface area (Å²) in [6.45, 7) is 5.54. The molecule has 0 amide bonds. The number of carboxylic acid groups (broad SMARTS) is 2. The predicted octanol–water partition coefficient (Wildman–Crippen LogP) is 1.56. The molecule has 0 aliphatic heterocycles. The smallest absolute Gasteiger partial charge is 0.336 e. The average molecular weight is 240 g/mol. The van der Waals surface area contributed by atoms with Crippen LogP contribution in [0.25, 0.3) is 0 Å². The van der Waals surface area contributed by atoms with Gasteiger partial charge in [0.25, 0.3) is 0 Å². The Labute approximate surface area is 99.0 Å². The van der Waals surface area contributed by atoms with Crippen LogP contribution < -0.4 is 0 Å². The maximum Gasteiger partial charge on any atom is 0.336 e. The predicted molar refractivity (Wildman–Crippen MR) is 62.7 cm³/mol. The van der Waals surface area contributed by atoms with Crippen molar-refractivity contribution in [2.45, 2.75) is 26.2 Å². The molecule has 0 aromatic heterocycles. The maximum absolute atomic E-state index is 11.1. The molecule has 0 spiro atoms. The van der Waals surface area contributed by atoms with Gasteiger partial charge in [-0.05, 0) is 17.0 Å². The molecular weight excluding hydrogens is 224 g/mol. The average Bonchev–Trinajstić information content (AvgIpc) is 2.14. The third kappa shape index (κ3) is 3.04. The van der Waals surface area contributed by atoms with Crippen molar-refractivity contribution in [3.05, 3.63) is 34.9 Å². The topological polar surface area (TPSA) is 106 Å². The van der Waals surface area contributed by atoms with Crippen LogP contribution in [0, 0.1) is 0 Å². The molecule has 17 heavy (non-hydrogen) atoms. The molecule has 94 valence electrons. The lowest BCUT2D eigenvalue weighted by Crippen LogP contribution is -2.20. The van der Waals surface area contributed by atoms with Gasteiger partial charge in [-0.1, -0.05) is 32.9 Å². The highest BCUT2D eigenvalue weighted by atomic mass is 16.4. The van der Waals surface area contributed by atoms with Gasteiger partial charge in [0, 0.05) is 0 Å². The quantitative estimate of drug-likeness (QED) is 0.817. The van der Waals surface area contributed by atoms with E-state index in [-0.39, 0.29) is 16.6 Å². The fourth-order valence-electron chi connectivity index (χ4n) is 1.59. The Balaban J connectivity index is 0.00000256. The van der Waals surface area contributed by atoms with E-state index in [1.807, 2.05) is 20.8 Å². The number of benzene rings is 1. The SMILES string of the molecule is CC(C)(C)c1cccc(C(=O)O)c1C(=O)O.O. The molecule has 5 nitrogen and oxygen atoms in total. The van der Waals surface area contributed by atoms with Crippen LogP contribution in [0.3, 0.4) is 0 Å². The Morgan fingerprint density at radius 1 is 1.06 bits per heavy atom. The van der Waals surface area contributed by atoms with Crippen molar-refractivity contribution in [2.24, 2.45) is 0 Å². The second-order valence-corrected chi connectivity index (χ2v) is 4.59. The Hall–Kier alpha value is -1.88. The summed E-state index contributed by atoms with van der Waals surface area (Å²) in [5.41, 5.74) is -0.165. The molecule has 1 aromatic rings. The second kappa shape index (κ2) is 4.97. The molecule has 5 heteroatoms. The van der Waals surface area contributed by atoms with Gasteiger partial charge in [-0.15, -0.1) is 0 Å². The molecule has 0 fully saturated rings. The lowest BCUT2D eigenvalue weighted by molar-refractivity contribution is 0.0649. The van der Waals surface area contributed by atoms with Crippen LogP contribution in [0.1, 0.15) is 47.1 Å². The van der Waals surface area contributed by atoms with Gasteiger partial charge in [0.05, 0.1) is 11.1 Å². The first-order chi connectivity index (χ1) is 7.25. The van der Waals surface area contributed by atoms with E-state index in [9.17, 15) is 9.59 Å². The van der Waals surface area contributed by atoms with Gasteiger partial charge in [0.2, 0.25) is 0 Å². The molecular formula is C12H16O5. The molecule has 0 heterocycles. The van der Waals surface area contributed by atoms with Crippen molar-refractivity contribution in [1.29, 1.82) is 0 Å². The molecule has 0 saturated heterocycles. The Morgan fingerprint density at radius 2 is 1.59 bits per heavy atom. The summed E-state index contributed by atoms with van der Waals surface area (Å²) in [6.07, 6.45) is 0. The van der Waals surface area contributed by atoms with E-state index < -0.39 is 17.4 Å². The summed E-state index contributed by atoms with van der Waals surface area (Å²) in [5, 5.41) is 18.0. The van der Waals surface area contributed by atoms with Crippen molar-refractivity contribution in [1.82, 2.24) is 0 Å². The summed E-state index contributed by atoms with van der Waals surface area (Å²) in [6, 6.07) is 4.52. The number of carbonyl (C=O) groups is 2. The van der Waals surface area contributed by atoms with E-state index in [2.05, 4.69) is 0 Å². The van der Waals surface area contributed by atoms with Gasteiger partial charge in [-0.3, -0.25) is 0 Å². The number of hydrogen-bond acceptors (Lipinski definition) is 2. The molecule has 0 radical (unpaired) electrons. The van der Waals surface area contributed by atoms with Crippen LogP contribution in [0.2, 0.25) is 0 Å². The molecule has 0 unspecified atom stereocenters. The minimum atomic E-state index is -1.22. The minimum Gasteiger partial charge on any atom is -0.478 e. The van der Waals surface area contributed by atoms with Crippen LogP contribution >= 0.6 is 0 Å². The van der Waals surface area contributed by atoms with Gasteiger partial charge in [0.1, 0.15) is 0 Å². The summed E-state index contributed by atoms with van der Waals surface area (Å²) < 4.78 is 0. The summed E-state index contributed by atoms with van der Waals surface area (Å²) >= 11 is 0. The Morgan fingerprint density at radius 3 is 1.94 bits per heavy atom. The Bertz CT molecular complexity index is 443. The fraction of sp³-hybridized carbons (Fsp3) is 0.333. The van der Waals surface area contributed by atoms with Gasteiger partial charge in [-0.25, -0.2) is 9.59 Å². The van der Waals surface area contributed by atoms with Gasteiger partial charge in [0.15, 0.2) is 0 Å². The summed E-state index contributed by atoms with van der Waals surface area (Å²) in [5.74, 6) is -2.42. The van der Waals surface area contributed by atoms with Crippen LogP contribution in [0.4, 0.5) is 0 Å². The highest BCUT2D eigenvalue weighted by Crippen LogP contribution is 2.28. The standard InChI is InChI=1S/C12H14O4.H2O/c1-12(2,3)8-6-4-5-7(10(13)14)9(8)11(15)16;/h4-6H,1-3H3,(H,13,14)(H,15,16);1H2. The zero-order valence-electron chi connectivity index (χ0n) is 9.94. The third-order valence-corrected chi connectivity index (χ3v) is 2.32. The monoisotopic (exact) mass is 240 g/mol. The molecule has 0 bridgehead atoms. The lowest BCUT2D eigenvalue weighted by atomic mass is 9.82. The van der Waals surface area contributed by atoms with Crippen LogP contribution in [-0.4, -0.2) is 27.6 Å². The highest BCUT2D eigenvalue weighted by Gasteiger charge is 2.26. The number of carboxylic acids is 2. The normalized spacial score (nSPS) is 10.5. The van der Waals surface area contributed by atoms with Crippen LogP contribution in [0.5, 0.6) is 0 Å². The van der Waals surface area contributed by atoms with Crippen LogP contribution in [-0.2, 0) is 5.41 Å². The molecule has 4 N–H and O–H groups in total. The zero-order chi connectivity index (χ0) is 12.5. The van der Waals surface area contributed by atoms with Crippen molar-refractivity contribution < 1.29 is 25.3 Å². The van der Waals surface area contributed by atoms with Gasteiger partial charge in [-0.2, -0.15) is 0 Å². The van der Waals surface area contributed by atoms with Crippen LogP contribution in [0.15, 0.2) is 18.2 Å². The second-order valence-electron chi connectivity index (χ2n) is 4.59. The first-order valence-corrected chi connectivity index (χ1v) is 4.85. The zero-order valence-corrected chi connectivity index (χ0v) is 9.94. The molecule has 0 aliphatic carbocycles. The van der Waals surface area contributed by atoms with E-state index in [0.29, 0.717) is 5.56 Å². The first kappa shape index (κ1) is 15.1. The summed E-state index contributed by atoms with van der Waals surface area (Å²) in [4.78, 5) is 22.1. The van der Waals surface area contributed by atoms with E-state index in [4.69, 9.17) is 10.2 Å². The van der Waals surface area contributed by atoms with Crippen molar-refractivity contribution in [3.8, 4) is 0 Å². The molecule has 1 rings (SSSR count). The maximum atomic E-state index is 11.1. The van der Waals surface area contributed by atoms with E-state index in [1.165, 1.54) is 6.07 Å². The number of hydrogen-bond donors (Lipinski definition) is 2. The third-order valence-electron chi connectivity index (χ3n) is 2.32. The van der Waals surface area contributed by atoms with Gasteiger partial charge >= 0.3 is 11.9 Å². The minimum absolute atomic E-state index is 0. The number of rotatable bonds is 2. The van der Waals surface area contributed by atoms with E-state index >= 15 is 0 Å². The lowest BCUT2D eigenvalue weighted by Gasteiger charge is -2.22. The van der Waals surface area contributed by atoms with Gasteiger partial charge < -0.3 is 15.7 Å². The Kier molecular flexibility index (Phi) is 4.42. The molecule has 0 saturated carbocycles. The number of aromatic carboxylic acids is 2. The van der Waals surface area contributed by atoms with Crippen molar-refractivity contribution in [3.63, 3.8) is 0 Å². The fourth-order valence-corrected chi connectivity index (χ4v) is 1.59. The van der Waals surface area contributed by atoms with Crippen molar-refractivity contribution >= 4 is 11.9 Å². The highest BCUT2D eigenvalue weighted by molar-refractivity contribution is 6.03. The summed E-state index contributed by atoms with van der Waals surface area (Å²) in [7, 11) is 0. The molecule has 1 aromatic carbocycles. The molecule has 0 aliphatic rings. The largest absolute Gasteiger partial charge is 0.478 e. The molecule has 0 atom stereocenters. The first-order valence-electron chi connectivity index (χ1n) is 4.85.